The Morgan fingerprint density at radius 2 is 2.50 bits per heavy atom. The fourth-order valence-corrected chi connectivity index (χ4v) is 3.89. The molecule has 1 aromatic heterocycles. The summed E-state index contributed by atoms with van der Waals surface area (Å²) in [5, 5.41) is 0.138. The van der Waals surface area contributed by atoms with Crippen LogP contribution in [0, 0.1) is 6.92 Å². The largest absolute Gasteiger partial charge is 0.378 e. The molecule has 2 heterocycles. The van der Waals surface area contributed by atoms with Gasteiger partial charge in [0.2, 0.25) is 0 Å². The molecule has 1 saturated heterocycles. The molecule has 2 atom stereocenters. The van der Waals surface area contributed by atoms with Crippen molar-refractivity contribution >= 4 is 38.9 Å². The third-order valence-electron chi connectivity index (χ3n) is 2.95. The van der Waals surface area contributed by atoms with E-state index < -0.39 is 0 Å². The van der Waals surface area contributed by atoms with Crippen LogP contribution in [0.25, 0.3) is 0 Å². The van der Waals surface area contributed by atoms with Gasteiger partial charge in [0.05, 0.1) is 15.3 Å². The second kappa shape index (κ2) is 5.85. The van der Waals surface area contributed by atoms with E-state index in [0.29, 0.717) is 6.10 Å². The van der Waals surface area contributed by atoms with E-state index in [1.54, 1.807) is 11.3 Å². The summed E-state index contributed by atoms with van der Waals surface area (Å²) in [6.45, 7) is 3.04. The van der Waals surface area contributed by atoms with Gasteiger partial charge in [0.1, 0.15) is 0 Å². The zero-order chi connectivity index (χ0) is 11.5. The lowest BCUT2D eigenvalue weighted by Crippen LogP contribution is -2.05. The summed E-state index contributed by atoms with van der Waals surface area (Å²) >= 11 is 11.7. The Balaban J connectivity index is 1.84. The molecule has 2 rings (SSSR count). The average Bonchev–Trinajstić information content (AvgIpc) is 2.86. The second-order valence-corrected chi connectivity index (χ2v) is 7.21. The van der Waals surface area contributed by atoms with Crippen molar-refractivity contribution in [2.45, 2.75) is 44.1 Å². The van der Waals surface area contributed by atoms with Crippen molar-refractivity contribution in [3.8, 4) is 0 Å². The van der Waals surface area contributed by atoms with E-state index in [9.17, 15) is 0 Å². The van der Waals surface area contributed by atoms with Crippen LogP contribution in [0.4, 0.5) is 0 Å². The molecule has 0 aliphatic carbocycles. The Morgan fingerprint density at radius 3 is 3.06 bits per heavy atom. The second-order valence-electron chi connectivity index (χ2n) is 4.29. The Labute approximate surface area is 114 Å². The summed E-state index contributed by atoms with van der Waals surface area (Å²) in [6.07, 6.45) is 4.96. The quantitative estimate of drug-likeness (QED) is 0.704. The van der Waals surface area contributed by atoms with Crippen molar-refractivity contribution in [2.24, 2.45) is 0 Å². The summed E-state index contributed by atoms with van der Waals surface area (Å²) in [4.78, 5) is 1.27. The van der Waals surface area contributed by atoms with Crippen LogP contribution in [-0.2, 0) is 4.74 Å². The predicted molar refractivity (Wildman–Crippen MR) is 73.6 cm³/mol. The number of ether oxygens (including phenoxy) is 1. The van der Waals surface area contributed by atoms with Gasteiger partial charge in [0.25, 0.3) is 0 Å². The highest BCUT2D eigenvalue weighted by Gasteiger charge is 2.19. The molecule has 0 spiro atoms. The van der Waals surface area contributed by atoms with Gasteiger partial charge in [-0.25, -0.2) is 0 Å². The highest BCUT2D eigenvalue weighted by atomic mass is 79.9. The zero-order valence-corrected chi connectivity index (χ0v) is 12.5. The first kappa shape index (κ1) is 12.9. The van der Waals surface area contributed by atoms with Crippen LogP contribution in [0.15, 0.2) is 9.85 Å². The highest BCUT2D eigenvalue weighted by Crippen LogP contribution is 2.37. The minimum Gasteiger partial charge on any atom is -0.378 e. The average molecular weight is 324 g/mol. The third kappa shape index (κ3) is 3.22. The Morgan fingerprint density at radius 1 is 1.69 bits per heavy atom. The molecule has 90 valence electrons. The van der Waals surface area contributed by atoms with Crippen molar-refractivity contribution in [3.05, 3.63) is 20.3 Å². The fourth-order valence-electron chi connectivity index (χ4n) is 1.98. The molecule has 1 aliphatic rings. The number of alkyl halides is 1. The van der Waals surface area contributed by atoms with Crippen LogP contribution in [0.3, 0.4) is 0 Å². The maximum atomic E-state index is 6.40. The van der Waals surface area contributed by atoms with E-state index >= 15 is 0 Å². The van der Waals surface area contributed by atoms with Crippen molar-refractivity contribution in [2.75, 3.05) is 6.61 Å². The number of rotatable bonds is 4. The fraction of sp³-hybridized carbons (Fsp3) is 0.667. The monoisotopic (exact) mass is 322 g/mol. The van der Waals surface area contributed by atoms with Gasteiger partial charge in [-0.2, -0.15) is 0 Å². The first-order chi connectivity index (χ1) is 7.66. The molecule has 0 radical (unpaired) electrons. The Bertz CT molecular complexity index is 327. The van der Waals surface area contributed by atoms with Crippen LogP contribution < -0.4 is 0 Å². The van der Waals surface area contributed by atoms with Crippen LogP contribution in [0.5, 0.6) is 0 Å². The van der Waals surface area contributed by atoms with Crippen molar-refractivity contribution in [1.29, 1.82) is 0 Å². The summed E-state index contributed by atoms with van der Waals surface area (Å²) in [6, 6.07) is 2.18. The summed E-state index contributed by atoms with van der Waals surface area (Å²) in [5.41, 5.74) is 1.28. The smallest absolute Gasteiger partial charge is 0.0731 e. The van der Waals surface area contributed by atoms with E-state index in [2.05, 4.69) is 28.9 Å². The number of aryl methyl sites for hydroxylation is 1. The first-order valence-corrected chi connectivity index (χ1v) is 7.73. The normalized spacial score (nSPS) is 22.6. The molecule has 1 fully saturated rings. The standard InChI is InChI=1S/C12H16BrClOS/c1-8-7-11(16-12(8)13)10(14)5-4-9-3-2-6-15-9/h7,9-10H,2-6H2,1H3. The lowest BCUT2D eigenvalue weighted by Gasteiger charge is -2.11. The van der Waals surface area contributed by atoms with Crippen LogP contribution in [0.2, 0.25) is 0 Å². The topological polar surface area (TPSA) is 9.23 Å². The molecule has 0 bridgehead atoms. The predicted octanol–water partition coefficient (Wildman–Crippen LogP) is 5.06. The minimum absolute atomic E-state index is 0.138. The van der Waals surface area contributed by atoms with E-state index in [0.717, 1.165) is 19.4 Å². The molecule has 0 amide bonds. The van der Waals surface area contributed by atoms with Gasteiger partial charge in [-0.05, 0) is 60.2 Å². The van der Waals surface area contributed by atoms with Gasteiger partial charge in [0.15, 0.2) is 0 Å². The molecule has 1 aromatic rings. The lowest BCUT2D eigenvalue weighted by molar-refractivity contribution is 0.102. The Hall–Kier alpha value is 0.430. The van der Waals surface area contributed by atoms with E-state index in [4.69, 9.17) is 16.3 Å². The van der Waals surface area contributed by atoms with Crippen LogP contribution in [0.1, 0.15) is 41.5 Å². The summed E-state index contributed by atoms with van der Waals surface area (Å²) in [7, 11) is 0. The van der Waals surface area contributed by atoms with E-state index in [-0.39, 0.29) is 5.38 Å². The molecule has 16 heavy (non-hydrogen) atoms. The lowest BCUT2D eigenvalue weighted by atomic mass is 10.1. The molecular weight excluding hydrogens is 308 g/mol. The van der Waals surface area contributed by atoms with Gasteiger partial charge in [-0.1, -0.05) is 0 Å². The molecule has 4 heteroatoms. The maximum Gasteiger partial charge on any atom is 0.0731 e. The summed E-state index contributed by atoms with van der Waals surface area (Å²) in [5.74, 6) is 0. The highest BCUT2D eigenvalue weighted by molar-refractivity contribution is 9.11. The van der Waals surface area contributed by atoms with Crippen LogP contribution >= 0.6 is 38.9 Å². The zero-order valence-electron chi connectivity index (χ0n) is 9.34. The van der Waals surface area contributed by atoms with E-state index in [1.165, 1.54) is 27.1 Å². The van der Waals surface area contributed by atoms with Gasteiger partial charge in [-0.15, -0.1) is 22.9 Å². The van der Waals surface area contributed by atoms with Crippen molar-refractivity contribution < 1.29 is 4.74 Å². The SMILES string of the molecule is Cc1cc(C(Cl)CCC2CCCO2)sc1Br. The maximum absolute atomic E-state index is 6.40. The van der Waals surface area contributed by atoms with Crippen molar-refractivity contribution in [3.63, 3.8) is 0 Å². The molecule has 0 aromatic carbocycles. The van der Waals surface area contributed by atoms with Crippen molar-refractivity contribution in [1.82, 2.24) is 0 Å². The summed E-state index contributed by atoms with van der Waals surface area (Å²) < 4.78 is 6.80. The number of halogens is 2. The number of hydrogen-bond acceptors (Lipinski definition) is 2. The third-order valence-corrected chi connectivity index (χ3v) is 5.78. The van der Waals surface area contributed by atoms with Gasteiger partial charge < -0.3 is 4.74 Å². The molecular formula is C12H16BrClOS. The molecule has 2 unspecified atom stereocenters. The van der Waals surface area contributed by atoms with E-state index in [1.807, 2.05) is 0 Å². The minimum atomic E-state index is 0.138. The molecule has 0 N–H and O–H groups in total. The number of thiophene rings is 1. The van der Waals surface area contributed by atoms with Crippen LogP contribution in [-0.4, -0.2) is 12.7 Å². The molecule has 1 aliphatic heterocycles. The Kier molecular flexibility index (Phi) is 4.71. The first-order valence-electron chi connectivity index (χ1n) is 5.68. The molecule has 1 nitrogen and oxygen atoms in total. The van der Waals surface area contributed by atoms with Gasteiger partial charge >= 0.3 is 0 Å². The molecule has 0 saturated carbocycles. The number of hydrogen-bond donors (Lipinski definition) is 0. The van der Waals surface area contributed by atoms with Gasteiger partial charge in [-0.3, -0.25) is 0 Å². The van der Waals surface area contributed by atoms with Gasteiger partial charge in [0, 0.05) is 11.5 Å².